The summed E-state index contributed by atoms with van der Waals surface area (Å²) in [7, 11) is -1.31. The van der Waals surface area contributed by atoms with E-state index in [9.17, 15) is 8.42 Å². The smallest absolute Gasteiger partial charge is 0.213 e. The van der Waals surface area contributed by atoms with Gasteiger partial charge in [0.2, 0.25) is 10.0 Å². The molecule has 0 bridgehead atoms. The maximum absolute atomic E-state index is 12.1. The minimum absolute atomic E-state index is 0.294. The summed E-state index contributed by atoms with van der Waals surface area (Å²) in [5, 5.41) is 3.41. The highest BCUT2D eigenvalue weighted by Crippen LogP contribution is 2.38. The quantitative estimate of drug-likeness (QED) is 0.797. The number of hydrogen-bond donors (Lipinski definition) is 1. The van der Waals surface area contributed by atoms with E-state index in [2.05, 4.69) is 12.2 Å². The van der Waals surface area contributed by atoms with Crippen LogP contribution >= 0.6 is 0 Å². The first-order valence-electron chi connectivity index (χ1n) is 7.16. The molecule has 1 heterocycles. The summed E-state index contributed by atoms with van der Waals surface area (Å²) in [6.45, 7) is 3.94. The lowest BCUT2D eigenvalue weighted by molar-refractivity contribution is 0.387. The summed E-state index contributed by atoms with van der Waals surface area (Å²) in [5.74, 6) is 1.60. The van der Waals surface area contributed by atoms with Crippen molar-refractivity contribution in [3.8, 4) is 0 Å². The number of hydrogen-bond acceptors (Lipinski definition) is 3. The Kier molecular flexibility index (Phi) is 4.67. The molecule has 0 aromatic heterocycles. The average Bonchev–Trinajstić information content (AvgIpc) is 3.04. The van der Waals surface area contributed by atoms with Crippen LogP contribution in [0.25, 0.3) is 0 Å². The van der Waals surface area contributed by atoms with Gasteiger partial charge in [-0.25, -0.2) is 12.7 Å². The Morgan fingerprint density at radius 1 is 1.33 bits per heavy atom. The van der Waals surface area contributed by atoms with Crippen LogP contribution in [0.2, 0.25) is 0 Å². The highest BCUT2D eigenvalue weighted by atomic mass is 32.2. The molecule has 1 saturated heterocycles. The molecule has 0 spiro atoms. The Morgan fingerprint density at radius 3 is 2.61 bits per heavy atom. The number of sulfonamides is 1. The van der Waals surface area contributed by atoms with Crippen molar-refractivity contribution in [1.29, 1.82) is 0 Å². The van der Waals surface area contributed by atoms with E-state index in [1.165, 1.54) is 19.3 Å². The Morgan fingerprint density at radius 2 is 2.06 bits per heavy atom. The lowest BCUT2D eigenvalue weighted by atomic mass is 10.0. The second kappa shape index (κ2) is 5.88. The second-order valence-electron chi connectivity index (χ2n) is 6.01. The molecule has 1 saturated carbocycles. The van der Waals surface area contributed by atoms with Crippen LogP contribution in [-0.4, -0.2) is 44.7 Å². The van der Waals surface area contributed by atoms with Crippen LogP contribution in [0.4, 0.5) is 0 Å². The third kappa shape index (κ3) is 3.93. The van der Waals surface area contributed by atoms with Gasteiger partial charge in [0, 0.05) is 19.6 Å². The lowest BCUT2D eigenvalue weighted by Gasteiger charge is -2.24. The molecular weight excluding hydrogens is 248 g/mol. The second-order valence-corrected chi connectivity index (χ2v) is 8.20. The Hall–Kier alpha value is -0.130. The topological polar surface area (TPSA) is 49.4 Å². The minimum atomic E-state index is -3.04. The fourth-order valence-corrected chi connectivity index (χ4v) is 4.03. The van der Waals surface area contributed by atoms with Crippen LogP contribution in [0, 0.1) is 11.8 Å². The van der Waals surface area contributed by atoms with Gasteiger partial charge < -0.3 is 5.32 Å². The van der Waals surface area contributed by atoms with Gasteiger partial charge in [-0.1, -0.05) is 13.3 Å². The molecule has 18 heavy (non-hydrogen) atoms. The van der Waals surface area contributed by atoms with E-state index in [1.54, 1.807) is 11.4 Å². The van der Waals surface area contributed by atoms with Crippen molar-refractivity contribution in [2.24, 2.45) is 11.8 Å². The molecule has 5 heteroatoms. The van der Waals surface area contributed by atoms with E-state index in [-0.39, 0.29) is 0 Å². The van der Waals surface area contributed by atoms with Crippen molar-refractivity contribution in [2.45, 2.75) is 45.1 Å². The molecule has 3 unspecified atom stereocenters. The lowest BCUT2D eigenvalue weighted by Crippen LogP contribution is -2.38. The molecule has 2 rings (SSSR count). The van der Waals surface area contributed by atoms with E-state index >= 15 is 0 Å². The molecule has 0 aromatic carbocycles. The van der Waals surface area contributed by atoms with Crippen molar-refractivity contribution in [3.05, 3.63) is 0 Å². The largest absolute Gasteiger partial charge is 0.314 e. The molecule has 3 atom stereocenters. The van der Waals surface area contributed by atoms with Crippen LogP contribution in [0.5, 0.6) is 0 Å². The van der Waals surface area contributed by atoms with Crippen LogP contribution in [0.15, 0.2) is 0 Å². The van der Waals surface area contributed by atoms with Crippen LogP contribution in [0.1, 0.15) is 39.0 Å². The first kappa shape index (κ1) is 14.3. The molecule has 1 aliphatic heterocycles. The highest BCUT2D eigenvalue weighted by molar-refractivity contribution is 7.89. The van der Waals surface area contributed by atoms with E-state index in [1.807, 2.05) is 0 Å². The van der Waals surface area contributed by atoms with Gasteiger partial charge in [-0.3, -0.25) is 0 Å². The Labute approximate surface area is 111 Å². The summed E-state index contributed by atoms with van der Waals surface area (Å²) in [5.41, 5.74) is 0. The van der Waals surface area contributed by atoms with E-state index in [0.717, 1.165) is 19.4 Å². The van der Waals surface area contributed by atoms with Gasteiger partial charge in [0.1, 0.15) is 0 Å². The fourth-order valence-electron chi connectivity index (χ4n) is 2.71. The summed E-state index contributed by atoms with van der Waals surface area (Å²) in [6, 6.07) is 0.404. The normalized spacial score (nSPS) is 32.7. The molecule has 106 valence electrons. The van der Waals surface area contributed by atoms with Crippen LogP contribution < -0.4 is 5.32 Å². The van der Waals surface area contributed by atoms with Crippen molar-refractivity contribution >= 4 is 10.0 Å². The molecular formula is C13H26N2O2S. The number of nitrogens with one attached hydrogen (secondary N) is 1. The average molecular weight is 274 g/mol. The fraction of sp³-hybridized carbons (Fsp3) is 1.00. The Balaban J connectivity index is 1.75. The number of rotatable bonds is 6. The van der Waals surface area contributed by atoms with E-state index in [4.69, 9.17) is 0 Å². The van der Waals surface area contributed by atoms with Gasteiger partial charge in [-0.05, 0) is 44.1 Å². The maximum Gasteiger partial charge on any atom is 0.213 e. The van der Waals surface area contributed by atoms with Gasteiger partial charge in [0.25, 0.3) is 0 Å². The van der Waals surface area contributed by atoms with Crippen molar-refractivity contribution < 1.29 is 8.42 Å². The summed E-state index contributed by atoms with van der Waals surface area (Å²) >= 11 is 0. The van der Waals surface area contributed by atoms with E-state index < -0.39 is 10.0 Å². The first-order chi connectivity index (χ1) is 8.49. The first-order valence-corrected chi connectivity index (χ1v) is 8.77. The molecule has 2 aliphatic rings. The standard InChI is InChI=1S/C13H26N2O2S/c1-11-9-12(11)10-15(2)18(16,17)8-6-13-5-3-4-7-14-13/h11-14H,3-10H2,1-2H3. The van der Waals surface area contributed by atoms with Crippen molar-refractivity contribution in [3.63, 3.8) is 0 Å². The highest BCUT2D eigenvalue weighted by Gasteiger charge is 2.35. The minimum Gasteiger partial charge on any atom is -0.314 e. The summed E-state index contributed by atoms with van der Waals surface area (Å²) in [4.78, 5) is 0. The third-order valence-corrected chi connectivity index (χ3v) is 6.23. The number of piperidine rings is 1. The molecule has 0 radical (unpaired) electrons. The maximum atomic E-state index is 12.1. The molecule has 2 fully saturated rings. The van der Waals surface area contributed by atoms with Gasteiger partial charge in [0.15, 0.2) is 0 Å². The zero-order valence-electron chi connectivity index (χ0n) is 11.6. The number of nitrogens with zero attached hydrogens (tertiary/aromatic N) is 1. The predicted molar refractivity (Wildman–Crippen MR) is 73.9 cm³/mol. The zero-order chi connectivity index (χ0) is 13.2. The summed E-state index contributed by atoms with van der Waals surface area (Å²) in [6.07, 6.45) is 5.52. The molecule has 1 N–H and O–H groups in total. The predicted octanol–water partition coefficient (Wildman–Crippen LogP) is 1.44. The Bertz CT molecular complexity index is 363. The van der Waals surface area contributed by atoms with Gasteiger partial charge >= 0.3 is 0 Å². The van der Waals surface area contributed by atoms with Crippen LogP contribution in [-0.2, 0) is 10.0 Å². The van der Waals surface area contributed by atoms with E-state index in [0.29, 0.717) is 30.2 Å². The van der Waals surface area contributed by atoms with Gasteiger partial charge in [-0.15, -0.1) is 0 Å². The van der Waals surface area contributed by atoms with Crippen molar-refractivity contribution in [2.75, 3.05) is 25.9 Å². The molecule has 1 aliphatic carbocycles. The SMILES string of the molecule is CC1CC1CN(C)S(=O)(=O)CCC1CCCCN1. The molecule has 0 amide bonds. The van der Waals surface area contributed by atoms with Crippen molar-refractivity contribution in [1.82, 2.24) is 9.62 Å². The summed E-state index contributed by atoms with van der Waals surface area (Å²) < 4.78 is 25.9. The zero-order valence-corrected chi connectivity index (χ0v) is 12.4. The van der Waals surface area contributed by atoms with Gasteiger partial charge in [0.05, 0.1) is 5.75 Å². The molecule has 0 aromatic rings. The van der Waals surface area contributed by atoms with Gasteiger partial charge in [-0.2, -0.15) is 0 Å². The molecule has 4 nitrogen and oxygen atoms in total. The van der Waals surface area contributed by atoms with Crippen LogP contribution in [0.3, 0.4) is 0 Å². The monoisotopic (exact) mass is 274 g/mol. The third-order valence-electron chi connectivity index (χ3n) is 4.38.